The lowest BCUT2D eigenvalue weighted by molar-refractivity contribution is -0.122. The van der Waals surface area contributed by atoms with E-state index in [0.29, 0.717) is 13.0 Å². The van der Waals surface area contributed by atoms with Crippen molar-refractivity contribution in [2.75, 3.05) is 11.9 Å². The Bertz CT molecular complexity index is 507. The van der Waals surface area contributed by atoms with Gasteiger partial charge in [0.05, 0.1) is 5.69 Å². The highest BCUT2D eigenvalue weighted by Crippen LogP contribution is 2.31. The molecule has 6 heteroatoms. The van der Waals surface area contributed by atoms with Crippen molar-refractivity contribution in [3.05, 3.63) is 29.6 Å². The minimum Gasteiger partial charge on any atom is -0.330 e. The number of rotatable bonds is 3. The van der Waals surface area contributed by atoms with Crippen LogP contribution in [-0.2, 0) is 4.79 Å². The van der Waals surface area contributed by atoms with Crippen LogP contribution in [0.25, 0.3) is 0 Å². The maximum absolute atomic E-state index is 13.5. The van der Waals surface area contributed by atoms with Crippen LogP contribution in [0.5, 0.6) is 0 Å². The molecule has 0 heterocycles. The molecule has 0 aromatic heterocycles. The Morgan fingerprint density at radius 1 is 1.20 bits per heavy atom. The lowest BCUT2D eigenvalue weighted by Gasteiger charge is -2.29. The fraction of sp³-hybridized carbons (Fsp3) is 0.500. The first-order valence-corrected chi connectivity index (χ1v) is 6.69. The first kappa shape index (κ1) is 14.8. The number of carbonyl (C=O) groups is 1. The summed E-state index contributed by atoms with van der Waals surface area (Å²) in [5.74, 6) is -4.87. The number of benzene rings is 1. The van der Waals surface area contributed by atoms with Gasteiger partial charge in [0.25, 0.3) is 0 Å². The van der Waals surface area contributed by atoms with E-state index in [4.69, 9.17) is 5.73 Å². The Morgan fingerprint density at radius 2 is 1.90 bits per heavy atom. The molecule has 0 spiro atoms. The molecule has 110 valence electrons. The van der Waals surface area contributed by atoms with E-state index < -0.39 is 17.5 Å². The number of nitrogens with two attached hydrogens (primary N) is 1. The highest BCUT2D eigenvalue weighted by atomic mass is 19.2. The van der Waals surface area contributed by atoms with E-state index in [2.05, 4.69) is 5.32 Å². The number of anilines is 1. The van der Waals surface area contributed by atoms with E-state index in [1.807, 2.05) is 0 Å². The molecule has 0 radical (unpaired) electrons. The molecule has 2 unspecified atom stereocenters. The first-order chi connectivity index (χ1) is 9.54. The van der Waals surface area contributed by atoms with Gasteiger partial charge in [-0.15, -0.1) is 0 Å². The van der Waals surface area contributed by atoms with Crippen LogP contribution in [0.15, 0.2) is 12.1 Å². The third-order valence-corrected chi connectivity index (χ3v) is 3.84. The molecule has 1 aromatic carbocycles. The molecule has 1 amide bonds. The molecular formula is C14H17F3N2O. The van der Waals surface area contributed by atoms with E-state index in [9.17, 15) is 18.0 Å². The Balaban J connectivity index is 2.13. The van der Waals surface area contributed by atoms with Gasteiger partial charge in [-0.3, -0.25) is 4.79 Å². The SMILES string of the molecule is NCC1CCCCC1C(=O)Nc1ccc(F)c(F)c1F. The van der Waals surface area contributed by atoms with Gasteiger partial charge in [0, 0.05) is 5.92 Å². The van der Waals surface area contributed by atoms with Crippen molar-refractivity contribution in [3.8, 4) is 0 Å². The zero-order valence-corrected chi connectivity index (χ0v) is 11.0. The molecule has 1 aliphatic rings. The van der Waals surface area contributed by atoms with Crippen molar-refractivity contribution in [1.82, 2.24) is 0 Å². The zero-order valence-electron chi connectivity index (χ0n) is 11.0. The summed E-state index contributed by atoms with van der Waals surface area (Å²) in [6.07, 6.45) is 3.47. The second-order valence-electron chi connectivity index (χ2n) is 5.10. The van der Waals surface area contributed by atoms with Gasteiger partial charge >= 0.3 is 0 Å². The zero-order chi connectivity index (χ0) is 14.7. The number of nitrogens with one attached hydrogen (secondary N) is 1. The molecule has 2 atom stereocenters. The fourth-order valence-electron chi connectivity index (χ4n) is 2.68. The standard InChI is InChI=1S/C14H17F3N2O/c15-10-5-6-11(13(17)12(10)16)19-14(20)9-4-2-1-3-8(9)7-18/h5-6,8-9H,1-4,7,18H2,(H,19,20). The molecule has 1 aromatic rings. The second-order valence-corrected chi connectivity index (χ2v) is 5.10. The van der Waals surface area contributed by atoms with Crippen LogP contribution in [0.1, 0.15) is 25.7 Å². The van der Waals surface area contributed by atoms with Crippen molar-refractivity contribution in [3.63, 3.8) is 0 Å². The van der Waals surface area contributed by atoms with Crippen LogP contribution >= 0.6 is 0 Å². The Hall–Kier alpha value is -1.56. The maximum Gasteiger partial charge on any atom is 0.227 e. The van der Waals surface area contributed by atoms with Crippen LogP contribution in [-0.4, -0.2) is 12.5 Å². The normalized spacial score (nSPS) is 22.6. The van der Waals surface area contributed by atoms with Crippen molar-refractivity contribution < 1.29 is 18.0 Å². The second kappa shape index (κ2) is 6.26. The number of hydrogen-bond acceptors (Lipinski definition) is 2. The average Bonchev–Trinajstić information content (AvgIpc) is 2.47. The lowest BCUT2D eigenvalue weighted by atomic mass is 9.78. The van der Waals surface area contributed by atoms with Gasteiger partial charge in [-0.25, -0.2) is 13.2 Å². The Labute approximate surface area is 115 Å². The number of halogens is 3. The number of hydrogen-bond donors (Lipinski definition) is 2. The third-order valence-electron chi connectivity index (χ3n) is 3.84. The van der Waals surface area contributed by atoms with E-state index in [-0.39, 0.29) is 23.4 Å². The Morgan fingerprint density at radius 3 is 2.60 bits per heavy atom. The molecule has 1 aliphatic carbocycles. The van der Waals surface area contributed by atoms with Crippen LogP contribution in [0, 0.1) is 29.3 Å². The molecule has 0 bridgehead atoms. The predicted octanol–water partition coefficient (Wildman–Crippen LogP) is 2.81. The topological polar surface area (TPSA) is 55.1 Å². The van der Waals surface area contributed by atoms with E-state index in [0.717, 1.165) is 31.4 Å². The lowest BCUT2D eigenvalue weighted by Crippen LogP contribution is -2.35. The summed E-state index contributed by atoms with van der Waals surface area (Å²) < 4.78 is 39.4. The van der Waals surface area contributed by atoms with Gasteiger partial charge in [0.15, 0.2) is 17.5 Å². The van der Waals surface area contributed by atoms with E-state index in [1.54, 1.807) is 0 Å². The quantitative estimate of drug-likeness (QED) is 0.839. The molecule has 2 rings (SSSR count). The van der Waals surface area contributed by atoms with E-state index in [1.165, 1.54) is 0 Å². The van der Waals surface area contributed by atoms with Gasteiger partial charge in [-0.05, 0) is 37.4 Å². The summed E-state index contributed by atoms with van der Waals surface area (Å²) >= 11 is 0. The fourth-order valence-corrected chi connectivity index (χ4v) is 2.68. The molecular weight excluding hydrogens is 269 g/mol. The first-order valence-electron chi connectivity index (χ1n) is 6.69. The summed E-state index contributed by atoms with van der Waals surface area (Å²) in [6, 6.07) is 1.81. The molecule has 0 saturated heterocycles. The molecule has 1 fully saturated rings. The average molecular weight is 286 g/mol. The minimum absolute atomic E-state index is 0.0529. The Kier molecular flexibility index (Phi) is 4.65. The largest absolute Gasteiger partial charge is 0.330 e. The van der Waals surface area contributed by atoms with Gasteiger partial charge in [0.2, 0.25) is 5.91 Å². The van der Waals surface area contributed by atoms with Crippen molar-refractivity contribution in [2.45, 2.75) is 25.7 Å². The summed E-state index contributed by atoms with van der Waals surface area (Å²) in [4.78, 5) is 12.1. The molecule has 3 N–H and O–H groups in total. The molecule has 3 nitrogen and oxygen atoms in total. The van der Waals surface area contributed by atoms with Crippen LogP contribution in [0.3, 0.4) is 0 Å². The van der Waals surface area contributed by atoms with Gasteiger partial charge in [0.1, 0.15) is 0 Å². The highest BCUT2D eigenvalue weighted by molar-refractivity contribution is 5.92. The van der Waals surface area contributed by atoms with Gasteiger partial charge in [-0.2, -0.15) is 0 Å². The van der Waals surface area contributed by atoms with Crippen molar-refractivity contribution in [2.24, 2.45) is 17.6 Å². The van der Waals surface area contributed by atoms with E-state index >= 15 is 0 Å². The monoisotopic (exact) mass is 286 g/mol. The minimum atomic E-state index is -1.58. The van der Waals surface area contributed by atoms with Crippen molar-refractivity contribution >= 4 is 11.6 Å². The predicted molar refractivity (Wildman–Crippen MR) is 69.4 cm³/mol. The smallest absolute Gasteiger partial charge is 0.227 e. The number of amides is 1. The van der Waals surface area contributed by atoms with Crippen LogP contribution < -0.4 is 11.1 Å². The summed E-state index contributed by atoms with van der Waals surface area (Å²) in [5.41, 5.74) is 5.30. The maximum atomic E-state index is 13.5. The molecule has 20 heavy (non-hydrogen) atoms. The summed E-state index contributed by atoms with van der Waals surface area (Å²) in [5, 5.41) is 2.34. The third kappa shape index (κ3) is 2.95. The van der Waals surface area contributed by atoms with Crippen molar-refractivity contribution in [1.29, 1.82) is 0 Å². The van der Waals surface area contributed by atoms with Crippen LogP contribution in [0.4, 0.5) is 18.9 Å². The molecule has 1 saturated carbocycles. The highest BCUT2D eigenvalue weighted by Gasteiger charge is 2.30. The van der Waals surface area contributed by atoms with Gasteiger partial charge < -0.3 is 11.1 Å². The molecule has 0 aliphatic heterocycles. The number of carbonyl (C=O) groups excluding carboxylic acids is 1. The van der Waals surface area contributed by atoms with Gasteiger partial charge in [-0.1, -0.05) is 12.8 Å². The van der Waals surface area contributed by atoms with Crippen LogP contribution in [0.2, 0.25) is 0 Å². The summed E-state index contributed by atoms with van der Waals surface area (Å²) in [6.45, 7) is 0.387. The summed E-state index contributed by atoms with van der Waals surface area (Å²) in [7, 11) is 0.